The Bertz CT molecular complexity index is 1760. The number of piperazine rings is 1. The molecule has 0 radical (unpaired) electrons. The Kier molecular flexibility index (Phi) is 7.65. The average Bonchev–Trinajstić information content (AvgIpc) is 3.68. The normalized spacial score (nSPS) is 20.8. The molecule has 0 amide bonds. The Morgan fingerprint density at radius 1 is 1.16 bits per heavy atom. The molecule has 4 heterocycles. The van der Waals surface area contributed by atoms with Gasteiger partial charge in [-0.3, -0.25) is 9.88 Å². The molecule has 13 heteroatoms. The molecule has 0 spiro atoms. The second kappa shape index (κ2) is 11.4. The number of fused-ring (bicyclic) bond motifs is 4. The van der Waals surface area contributed by atoms with Crippen LogP contribution in [0.2, 0.25) is 5.02 Å². The smallest absolute Gasteiger partial charge is 0.401 e. The number of aromatic hydroxyl groups is 1. The van der Waals surface area contributed by atoms with E-state index in [1.54, 1.807) is 37.4 Å². The van der Waals surface area contributed by atoms with Gasteiger partial charge in [-0.05, 0) is 55.8 Å². The van der Waals surface area contributed by atoms with Crippen LogP contribution in [0.25, 0.3) is 32.9 Å². The van der Waals surface area contributed by atoms with Crippen molar-refractivity contribution in [1.29, 1.82) is 0 Å². The van der Waals surface area contributed by atoms with Gasteiger partial charge in [-0.1, -0.05) is 30.7 Å². The van der Waals surface area contributed by atoms with Crippen LogP contribution in [0, 0.1) is 11.2 Å². The van der Waals surface area contributed by atoms with Gasteiger partial charge in [0, 0.05) is 59.3 Å². The van der Waals surface area contributed by atoms with E-state index in [9.17, 15) is 18.3 Å². The SMILES string of the molecule is CCN(CC(F)(F)F)CC1(COc2nc(N3C[C@H]4CC[C@@H](C3)N4)c3cnc(-c4cc(O)cc5cccc(Cl)c45)c(F)c3n2)CC1. The van der Waals surface area contributed by atoms with Crippen LogP contribution in [0.4, 0.5) is 23.4 Å². The van der Waals surface area contributed by atoms with E-state index >= 15 is 4.39 Å². The van der Waals surface area contributed by atoms with Crippen LogP contribution in [0.3, 0.4) is 0 Å². The third kappa shape index (κ3) is 6.07. The first kappa shape index (κ1) is 30.2. The third-order valence-corrected chi connectivity index (χ3v) is 9.51. The molecule has 1 aliphatic carbocycles. The first-order valence-corrected chi connectivity index (χ1v) is 15.6. The van der Waals surface area contributed by atoms with Crippen molar-refractivity contribution in [1.82, 2.24) is 25.2 Å². The Labute approximate surface area is 262 Å². The van der Waals surface area contributed by atoms with E-state index in [1.165, 1.54) is 11.0 Å². The molecule has 2 N–H and O–H groups in total. The highest BCUT2D eigenvalue weighted by molar-refractivity contribution is 6.36. The number of nitrogens with zero attached hydrogens (tertiary/aromatic N) is 5. The summed E-state index contributed by atoms with van der Waals surface area (Å²) in [5.41, 5.74) is -0.157. The topological polar surface area (TPSA) is 86.6 Å². The van der Waals surface area contributed by atoms with Gasteiger partial charge in [-0.2, -0.15) is 23.1 Å². The summed E-state index contributed by atoms with van der Waals surface area (Å²) >= 11 is 6.54. The summed E-state index contributed by atoms with van der Waals surface area (Å²) in [7, 11) is 0. The number of phenols is 1. The summed E-state index contributed by atoms with van der Waals surface area (Å²) in [6, 6.07) is 8.71. The number of nitrogens with one attached hydrogen (secondary N) is 1. The highest BCUT2D eigenvalue weighted by Crippen LogP contribution is 2.47. The van der Waals surface area contributed by atoms with Crippen molar-refractivity contribution in [2.75, 3.05) is 44.2 Å². The summed E-state index contributed by atoms with van der Waals surface area (Å²) < 4.78 is 62.1. The Balaban J connectivity index is 1.28. The van der Waals surface area contributed by atoms with Gasteiger partial charge in [-0.15, -0.1) is 0 Å². The second-order valence-electron chi connectivity index (χ2n) is 12.6. The van der Waals surface area contributed by atoms with Gasteiger partial charge >= 0.3 is 12.2 Å². The van der Waals surface area contributed by atoms with Gasteiger partial charge in [-0.25, -0.2) is 4.39 Å². The van der Waals surface area contributed by atoms with Gasteiger partial charge < -0.3 is 20.1 Å². The fraction of sp³-hybridized carbons (Fsp3) is 0.469. The molecule has 45 heavy (non-hydrogen) atoms. The van der Waals surface area contributed by atoms with Crippen LogP contribution in [-0.2, 0) is 0 Å². The maximum absolute atomic E-state index is 16.6. The van der Waals surface area contributed by atoms with Crippen LogP contribution in [0.5, 0.6) is 11.8 Å². The number of pyridine rings is 1. The molecule has 3 aliphatic rings. The fourth-order valence-electron chi connectivity index (χ4n) is 6.79. The third-order valence-electron chi connectivity index (χ3n) is 9.20. The number of hydrogen-bond acceptors (Lipinski definition) is 8. The Hall–Kier alpha value is -3.48. The molecule has 7 rings (SSSR count). The molecule has 238 valence electrons. The average molecular weight is 645 g/mol. The molecule has 1 saturated carbocycles. The van der Waals surface area contributed by atoms with Crippen LogP contribution < -0.4 is 15.0 Å². The molecule has 8 nitrogen and oxygen atoms in total. The van der Waals surface area contributed by atoms with Gasteiger partial charge in [0.1, 0.15) is 22.8 Å². The number of anilines is 1. The van der Waals surface area contributed by atoms with Crippen molar-refractivity contribution in [3.63, 3.8) is 0 Å². The largest absolute Gasteiger partial charge is 0.508 e. The van der Waals surface area contributed by atoms with E-state index < -0.39 is 24.0 Å². The zero-order valence-corrected chi connectivity index (χ0v) is 25.4. The second-order valence-corrected chi connectivity index (χ2v) is 13.0. The van der Waals surface area contributed by atoms with Crippen molar-refractivity contribution in [2.24, 2.45) is 5.41 Å². The van der Waals surface area contributed by atoms with E-state index in [0.29, 0.717) is 45.7 Å². The van der Waals surface area contributed by atoms with Gasteiger partial charge in [0.2, 0.25) is 0 Å². The molecule has 3 fully saturated rings. The molecular formula is C32H33ClF4N6O2. The first-order chi connectivity index (χ1) is 21.5. The molecule has 2 aromatic carbocycles. The van der Waals surface area contributed by atoms with E-state index in [-0.39, 0.29) is 54.8 Å². The Morgan fingerprint density at radius 3 is 2.60 bits per heavy atom. The first-order valence-electron chi connectivity index (χ1n) is 15.2. The highest BCUT2D eigenvalue weighted by atomic mass is 35.5. The minimum atomic E-state index is -4.29. The maximum Gasteiger partial charge on any atom is 0.401 e. The molecule has 4 aromatic rings. The molecule has 2 bridgehead atoms. The van der Waals surface area contributed by atoms with Crippen molar-refractivity contribution in [3.8, 4) is 23.0 Å². The monoisotopic (exact) mass is 644 g/mol. The molecular weight excluding hydrogens is 612 g/mol. The quantitative estimate of drug-likeness (QED) is 0.205. The predicted octanol–water partition coefficient (Wildman–Crippen LogP) is 6.33. The summed E-state index contributed by atoms with van der Waals surface area (Å²) in [6.07, 6.45) is 0.754. The zero-order chi connectivity index (χ0) is 31.5. The van der Waals surface area contributed by atoms with Crippen molar-refractivity contribution in [2.45, 2.75) is 50.9 Å². The highest BCUT2D eigenvalue weighted by Gasteiger charge is 2.46. The number of benzene rings is 2. The van der Waals surface area contributed by atoms with Gasteiger partial charge in [0.25, 0.3) is 0 Å². The minimum Gasteiger partial charge on any atom is -0.508 e. The summed E-state index contributed by atoms with van der Waals surface area (Å²) in [6.45, 7) is 2.68. The zero-order valence-electron chi connectivity index (χ0n) is 24.7. The molecule has 2 atom stereocenters. The predicted molar refractivity (Wildman–Crippen MR) is 164 cm³/mol. The van der Waals surface area contributed by atoms with Crippen LogP contribution in [-0.4, -0.2) is 82.5 Å². The number of phenolic OH excluding ortho intramolecular Hbond substituents is 1. The number of halogens is 5. The lowest BCUT2D eigenvalue weighted by Gasteiger charge is -2.34. The molecule has 2 saturated heterocycles. The summed E-state index contributed by atoms with van der Waals surface area (Å²) in [5.74, 6) is -0.275. The van der Waals surface area contributed by atoms with E-state index in [0.717, 1.165) is 25.7 Å². The van der Waals surface area contributed by atoms with E-state index in [1.807, 2.05) is 0 Å². The van der Waals surface area contributed by atoms with Crippen LogP contribution >= 0.6 is 11.6 Å². The van der Waals surface area contributed by atoms with Crippen molar-refractivity contribution < 1.29 is 27.4 Å². The van der Waals surface area contributed by atoms with Gasteiger partial charge in [0.15, 0.2) is 5.82 Å². The number of aromatic nitrogens is 3. The molecule has 0 unspecified atom stereocenters. The number of alkyl halides is 3. The summed E-state index contributed by atoms with van der Waals surface area (Å²) in [5, 5.41) is 16.0. The lowest BCUT2D eigenvalue weighted by Crippen LogP contribution is -2.51. The van der Waals surface area contributed by atoms with Crippen LogP contribution in [0.1, 0.15) is 32.6 Å². The molecule has 2 aliphatic heterocycles. The van der Waals surface area contributed by atoms with Gasteiger partial charge in [0.05, 0.1) is 18.5 Å². The number of rotatable bonds is 9. The number of hydrogen-bond donors (Lipinski definition) is 2. The fourth-order valence-corrected chi connectivity index (χ4v) is 7.07. The summed E-state index contributed by atoms with van der Waals surface area (Å²) in [4.78, 5) is 17.2. The number of ether oxygens (including phenoxy) is 1. The van der Waals surface area contributed by atoms with E-state index in [4.69, 9.17) is 21.3 Å². The lowest BCUT2D eigenvalue weighted by atomic mass is 10.00. The van der Waals surface area contributed by atoms with E-state index in [2.05, 4.69) is 20.2 Å². The lowest BCUT2D eigenvalue weighted by molar-refractivity contribution is -0.147. The Morgan fingerprint density at radius 2 is 1.91 bits per heavy atom. The maximum atomic E-state index is 16.6. The minimum absolute atomic E-state index is 0.00605. The van der Waals surface area contributed by atoms with Crippen molar-refractivity contribution >= 4 is 39.1 Å². The molecule has 2 aromatic heterocycles. The standard InChI is InChI=1S/C32H33ClF4N6O2/c1-2-42(16-32(35,36)37)15-31(8-9-31)17-45-30-40-28-23(29(41-30)43-13-19-6-7-20(14-43)39-19)12-38-27(26(28)34)22-11-21(44)10-18-4-3-5-24(33)25(18)22/h3-5,10-12,19-20,39,44H,2,6-9,13-17H2,1H3/t19-,20+. The van der Waals surface area contributed by atoms with Crippen molar-refractivity contribution in [3.05, 3.63) is 47.4 Å². The van der Waals surface area contributed by atoms with Crippen LogP contribution in [0.15, 0.2) is 36.5 Å².